The molecule has 1 fully saturated rings. The lowest BCUT2D eigenvalue weighted by atomic mass is 10.1. The third kappa shape index (κ3) is 5.21. The van der Waals surface area contributed by atoms with E-state index in [2.05, 4.69) is 26.6 Å². The molecule has 1 aromatic carbocycles. The van der Waals surface area contributed by atoms with Gasteiger partial charge in [0.25, 0.3) is 0 Å². The largest absolute Gasteiger partial charge is 0.375 e. The third-order valence-corrected chi connectivity index (χ3v) is 3.90. The number of ether oxygens (including phenoxy) is 1. The Morgan fingerprint density at radius 2 is 2.33 bits per heavy atom. The molecule has 1 aromatic rings. The van der Waals surface area contributed by atoms with E-state index < -0.39 is 0 Å². The van der Waals surface area contributed by atoms with Crippen molar-refractivity contribution in [1.29, 1.82) is 0 Å². The van der Waals surface area contributed by atoms with E-state index in [1.165, 1.54) is 6.07 Å². The van der Waals surface area contributed by atoms with Gasteiger partial charge in [-0.2, -0.15) is 0 Å². The first-order chi connectivity index (χ1) is 9.58. The summed E-state index contributed by atoms with van der Waals surface area (Å²) < 4.78 is 19.0. The summed E-state index contributed by atoms with van der Waals surface area (Å²) in [5.74, 6) is -0.339. The zero-order valence-corrected chi connectivity index (χ0v) is 14.1. The average molecular weight is 382 g/mol. The fourth-order valence-corrected chi connectivity index (χ4v) is 2.59. The maximum atomic E-state index is 13.1. The number of benzene rings is 1. The Balaban J connectivity index is 0.00000220. The number of morpholine rings is 1. The molecule has 1 amide bonds. The zero-order chi connectivity index (χ0) is 14.5. The first-order valence-electron chi connectivity index (χ1n) is 6.64. The summed E-state index contributed by atoms with van der Waals surface area (Å²) in [6.45, 7) is 3.72. The molecule has 21 heavy (non-hydrogen) atoms. The van der Waals surface area contributed by atoms with E-state index >= 15 is 0 Å². The summed E-state index contributed by atoms with van der Waals surface area (Å²) in [7, 11) is 0. The molecular weight excluding hydrogens is 363 g/mol. The van der Waals surface area contributed by atoms with Crippen molar-refractivity contribution in [3.63, 3.8) is 0 Å². The Hall–Kier alpha value is -0.690. The van der Waals surface area contributed by atoms with Gasteiger partial charge in [0.15, 0.2) is 0 Å². The molecule has 0 bridgehead atoms. The predicted molar refractivity (Wildman–Crippen MR) is 85.3 cm³/mol. The van der Waals surface area contributed by atoms with Crippen LogP contribution < -0.4 is 10.6 Å². The van der Waals surface area contributed by atoms with Gasteiger partial charge >= 0.3 is 0 Å². The molecule has 7 heteroatoms. The number of amides is 1. The van der Waals surface area contributed by atoms with Gasteiger partial charge in [-0.25, -0.2) is 4.39 Å². The van der Waals surface area contributed by atoms with Crippen LogP contribution in [0.15, 0.2) is 22.7 Å². The van der Waals surface area contributed by atoms with Crippen LogP contribution in [0.2, 0.25) is 0 Å². The molecule has 2 rings (SSSR count). The van der Waals surface area contributed by atoms with E-state index in [0.29, 0.717) is 30.6 Å². The molecule has 2 atom stereocenters. The van der Waals surface area contributed by atoms with Crippen molar-refractivity contribution in [1.82, 2.24) is 10.6 Å². The van der Waals surface area contributed by atoms with Crippen molar-refractivity contribution in [2.45, 2.75) is 25.5 Å². The molecular formula is C14H19BrClFN2O2. The molecule has 2 N–H and O–H groups in total. The smallest absolute Gasteiger partial charge is 0.239 e. The SMILES string of the molecule is C[C@H]1OCCN[C@@H]1C(=O)NCCc1ccc(F)c(Br)c1.Cl. The maximum Gasteiger partial charge on any atom is 0.239 e. The van der Waals surface area contributed by atoms with Gasteiger partial charge in [0.1, 0.15) is 11.9 Å². The minimum Gasteiger partial charge on any atom is -0.375 e. The molecule has 1 aliphatic rings. The summed E-state index contributed by atoms with van der Waals surface area (Å²) in [6.07, 6.45) is 0.538. The number of carbonyl (C=O) groups is 1. The highest BCUT2D eigenvalue weighted by molar-refractivity contribution is 9.10. The van der Waals surface area contributed by atoms with Crippen LogP contribution in [0.1, 0.15) is 12.5 Å². The fourth-order valence-electron chi connectivity index (χ4n) is 2.16. The van der Waals surface area contributed by atoms with Crippen LogP contribution in [0.5, 0.6) is 0 Å². The molecule has 0 unspecified atom stereocenters. The molecule has 0 aliphatic carbocycles. The molecule has 0 radical (unpaired) electrons. The van der Waals surface area contributed by atoms with Gasteiger partial charge in [-0.1, -0.05) is 6.07 Å². The summed E-state index contributed by atoms with van der Waals surface area (Å²) in [5.41, 5.74) is 0.972. The molecule has 1 heterocycles. The van der Waals surface area contributed by atoms with Gasteiger partial charge in [-0.15, -0.1) is 12.4 Å². The van der Waals surface area contributed by atoms with E-state index in [4.69, 9.17) is 4.74 Å². The number of nitrogens with one attached hydrogen (secondary N) is 2. The van der Waals surface area contributed by atoms with Crippen LogP contribution in [-0.4, -0.2) is 37.7 Å². The number of hydrogen-bond donors (Lipinski definition) is 2. The lowest BCUT2D eigenvalue weighted by molar-refractivity contribution is -0.128. The van der Waals surface area contributed by atoms with Crippen LogP contribution in [0.3, 0.4) is 0 Å². The van der Waals surface area contributed by atoms with Gasteiger partial charge in [0, 0.05) is 13.1 Å². The maximum absolute atomic E-state index is 13.1. The average Bonchev–Trinajstić information content (AvgIpc) is 2.43. The first-order valence-corrected chi connectivity index (χ1v) is 7.44. The van der Waals surface area contributed by atoms with Gasteiger partial charge in [-0.05, 0) is 47.0 Å². The highest BCUT2D eigenvalue weighted by Crippen LogP contribution is 2.16. The van der Waals surface area contributed by atoms with E-state index in [1.807, 2.05) is 6.92 Å². The lowest BCUT2D eigenvalue weighted by Crippen LogP contribution is -2.55. The fraction of sp³-hybridized carbons (Fsp3) is 0.500. The van der Waals surface area contributed by atoms with E-state index in [0.717, 1.165) is 5.56 Å². The summed E-state index contributed by atoms with van der Waals surface area (Å²) >= 11 is 3.15. The van der Waals surface area contributed by atoms with Crippen molar-refractivity contribution in [3.05, 3.63) is 34.1 Å². The van der Waals surface area contributed by atoms with Crippen molar-refractivity contribution in [2.75, 3.05) is 19.7 Å². The predicted octanol–water partition coefficient (Wildman–Crippen LogP) is 2.05. The van der Waals surface area contributed by atoms with Crippen molar-refractivity contribution in [2.24, 2.45) is 0 Å². The Labute approximate surface area is 138 Å². The van der Waals surface area contributed by atoms with E-state index in [9.17, 15) is 9.18 Å². The Kier molecular flexibility index (Phi) is 7.59. The minimum absolute atomic E-state index is 0. The van der Waals surface area contributed by atoms with Crippen LogP contribution in [0, 0.1) is 5.82 Å². The second kappa shape index (κ2) is 8.68. The quantitative estimate of drug-likeness (QED) is 0.839. The Morgan fingerprint density at radius 3 is 3.00 bits per heavy atom. The van der Waals surface area contributed by atoms with Gasteiger partial charge < -0.3 is 15.4 Å². The Bertz CT molecular complexity index is 490. The highest BCUT2D eigenvalue weighted by Gasteiger charge is 2.27. The number of hydrogen-bond acceptors (Lipinski definition) is 3. The number of carbonyl (C=O) groups excluding carboxylic acids is 1. The second-order valence-electron chi connectivity index (χ2n) is 4.80. The minimum atomic E-state index is -0.302. The summed E-state index contributed by atoms with van der Waals surface area (Å²) in [5, 5.41) is 6.01. The van der Waals surface area contributed by atoms with Crippen molar-refractivity contribution < 1.29 is 13.9 Å². The van der Waals surface area contributed by atoms with Crippen molar-refractivity contribution >= 4 is 34.2 Å². The monoisotopic (exact) mass is 380 g/mol. The molecule has 4 nitrogen and oxygen atoms in total. The number of rotatable bonds is 4. The molecule has 0 saturated carbocycles. The summed E-state index contributed by atoms with van der Waals surface area (Å²) in [4.78, 5) is 12.0. The van der Waals surface area contributed by atoms with Crippen LogP contribution in [0.25, 0.3) is 0 Å². The Morgan fingerprint density at radius 1 is 1.57 bits per heavy atom. The van der Waals surface area contributed by atoms with Gasteiger partial charge in [0.05, 0.1) is 17.2 Å². The molecule has 1 saturated heterocycles. The number of halogens is 3. The van der Waals surface area contributed by atoms with Crippen LogP contribution in [0.4, 0.5) is 4.39 Å². The van der Waals surface area contributed by atoms with E-state index in [-0.39, 0.29) is 36.3 Å². The molecule has 0 aromatic heterocycles. The van der Waals surface area contributed by atoms with Crippen LogP contribution >= 0.6 is 28.3 Å². The van der Waals surface area contributed by atoms with Gasteiger partial charge in [-0.3, -0.25) is 4.79 Å². The lowest BCUT2D eigenvalue weighted by Gasteiger charge is -2.29. The second-order valence-corrected chi connectivity index (χ2v) is 5.65. The molecule has 0 spiro atoms. The summed E-state index contributed by atoms with van der Waals surface area (Å²) in [6, 6.07) is 4.56. The standard InChI is InChI=1S/C14H18BrFN2O2.ClH/c1-9-13(17-6-7-20-9)14(19)18-5-4-10-2-3-12(16)11(15)8-10;/h2-3,8-9,13,17H,4-7H2,1H3,(H,18,19);1H/t9-,13+;/m1./s1. The van der Waals surface area contributed by atoms with Gasteiger partial charge in [0.2, 0.25) is 5.91 Å². The zero-order valence-electron chi connectivity index (χ0n) is 11.7. The van der Waals surface area contributed by atoms with Crippen LogP contribution in [-0.2, 0) is 16.0 Å². The molecule has 118 valence electrons. The normalized spacial score (nSPS) is 21.5. The van der Waals surface area contributed by atoms with E-state index in [1.54, 1.807) is 12.1 Å². The van der Waals surface area contributed by atoms with Crippen molar-refractivity contribution in [3.8, 4) is 0 Å². The molecule has 1 aliphatic heterocycles. The topological polar surface area (TPSA) is 50.4 Å². The first kappa shape index (κ1) is 18.4. The third-order valence-electron chi connectivity index (χ3n) is 3.30. The highest BCUT2D eigenvalue weighted by atomic mass is 79.9.